The molecule has 0 atom stereocenters. The largest absolute Gasteiger partial charge is 0.495 e. The van der Waals surface area contributed by atoms with Crippen molar-refractivity contribution in [1.29, 1.82) is 5.26 Å². The molecule has 0 spiro atoms. The van der Waals surface area contributed by atoms with Crippen molar-refractivity contribution in [1.82, 2.24) is 0 Å². The van der Waals surface area contributed by atoms with E-state index in [1.165, 1.54) is 13.2 Å². The van der Waals surface area contributed by atoms with E-state index in [2.05, 4.69) is 26.1 Å². The molecule has 0 aromatic heterocycles. The fraction of sp³-hybridized carbons (Fsp3) is 0.304. The van der Waals surface area contributed by atoms with Gasteiger partial charge in [0.05, 0.1) is 19.9 Å². The number of rotatable bonds is 7. The molecule has 0 aliphatic carbocycles. The fourth-order valence-electron chi connectivity index (χ4n) is 2.64. The summed E-state index contributed by atoms with van der Waals surface area (Å²) < 4.78 is 15.9. The van der Waals surface area contributed by atoms with E-state index in [-0.39, 0.29) is 17.9 Å². The molecule has 2 rings (SSSR count). The van der Waals surface area contributed by atoms with Crippen molar-refractivity contribution in [3.05, 3.63) is 53.6 Å². The molecular formula is C23H26N2O4. The molecule has 0 bridgehead atoms. The van der Waals surface area contributed by atoms with Crippen molar-refractivity contribution in [2.45, 2.75) is 26.2 Å². The Morgan fingerprint density at radius 2 is 1.76 bits per heavy atom. The van der Waals surface area contributed by atoms with Crippen LogP contribution in [0.15, 0.2) is 42.5 Å². The normalized spacial score (nSPS) is 11.0. The summed E-state index contributed by atoms with van der Waals surface area (Å²) in [5, 5.41) is 11.5. The van der Waals surface area contributed by atoms with E-state index >= 15 is 0 Å². The Bertz CT molecular complexity index is 937. The van der Waals surface area contributed by atoms with E-state index in [4.69, 9.17) is 19.5 Å². The zero-order chi connectivity index (χ0) is 21.4. The highest BCUT2D eigenvalue weighted by molar-refractivity contribution is 6.02. The number of nitrogens with one attached hydrogen (secondary N) is 1. The second kappa shape index (κ2) is 9.65. The van der Waals surface area contributed by atoms with Crippen LogP contribution in [0.2, 0.25) is 0 Å². The molecule has 0 fully saturated rings. The van der Waals surface area contributed by atoms with Crippen LogP contribution in [0.25, 0.3) is 6.08 Å². The van der Waals surface area contributed by atoms with Gasteiger partial charge in [0.2, 0.25) is 5.91 Å². The SMILES string of the molecule is COc1ccc(C(C)(C)C)cc1NC(=O)C=Cc1ccc(OCC#N)c(OC)c1. The van der Waals surface area contributed by atoms with Gasteiger partial charge < -0.3 is 19.5 Å². The topological polar surface area (TPSA) is 80.6 Å². The van der Waals surface area contributed by atoms with Gasteiger partial charge in [0.15, 0.2) is 18.1 Å². The third-order valence-electron chi connectivity index (χ3n) is 4.23. The number of methoxy groups -OCH3 is 2. The van der Waals surface area contributed by atoms with Gasteiger partial charge in [-0.3, -0.25) is 4.79 Å². The van der Waals surface area contributed by atoms with Crippen molar-refractivity contribution in [3.8, 4) is 23.3 Å². The van der Waals surface area contributed by atoms with Crippen LogP contribution in [0.4, 0.5) is 5.69 Å². The summed E-state index contributed by atoms with van der Waals surface area (Å²) in [7, 11) is 3.09. The van der Waals surface area contributed by atoms with E-state index in [0.29, 0.717) is 22.9 Å². The van der Waals surface area contributed by atoms with Gasteiger partial charge in [-0.25, -0.2) is 0 Å². The maximum absolute atomic E-state index is 12.4. The number of nitrogens with zero attached hydrogens (tertiary/aromatic N) is 1. The number of ether oxygens (including phenoxy) is 3. The van der Waals surface area contributed by atoms with Gasteiger partial charge in [0, 0.05) is 6.08 Å². The Morgan fingerprint density at radius 3 is 2.38 bits per heavy atom. The van der Waals surface area contributed by atoms with Gasteiger partial charge in [-0.15, -0.1) is 0 Å². The first kappa shape index (κ1) is 21.8. The Kier molecular flexibility index (Phi) is 7.27. The maximum Gasteiger partial charge on any atom is 0.248 e. The Balaban J connectivity index is 2.17. The molecule has 0 unspecified atom stereocenters. The van der Waals surface area contributed by atoms with Crippen molar-refractivity contribution < 1.29 is 19.0 Å². The van der Waals surface area contributed by atoms with Gasteiger partial charge in [-0.2, -0.15) is 5.26 Å². The van der Waals surface area contributed by atoms with Crippen molar-refractivity contribution in [2.75, 3.05) is 26.1 Å². The van der Waals surface area contributed by atoms with E-state index < -0.39 is 0 Å². The molecule has 6 heteroatoms. The highest BCUT2D eigenvalue weighted by Gasteiger charge is 2.16. The average Bonchev–Trinajstić information content (AvgIpc) is 2.70. The minimum absolute atomic E-state index is 0.0481. The standard InChI is InChI=1S/C23H26N2O4/c1-23(2,3)17-8-10-19(27-4)18(15-17)25-22(26)11-7-16-6-9-20(29-13-12-24)21(14-16)28-5/h6-11,14-15H,13H2,1-5H3,(H,25,26). The molecule has 0 heterocycles. The van der Waals surface area contributed by atoms with Gasteiger partial charge in [0.1, 0.15) is 11.8 Å². The number of amides is 1. The minimum Gasteiger partial charge on any atom is -0.495 e. The van der Waals surface area contributed by atoms with Crippen molar-refractivity contribution >= 4 is 17.7 Å². The number of benzene rings is 2. The van der Waals surface area contributed by atoms with Gasteiger partial charge in [0.25, 0.3) is 0 Å². The first-order chi connectivity index (χ1) is 13.8. The third kappa shape index (κ3) is 6.01. The van der Waals surface area contributed by atoms with E-state index in [9.17, 15) is 4.79 Å². The molecule has 1 amide bonds. The van der Waals surface area contributed by atoms with Gasteiger partial charge in [-0.1, -0.05) is 32.9 Å². The molecule has 6 nitrogen and oxygen atoms in total. The van der Waals surface area contributed by atoms with E-state index in [1.807, 2.05) is 24.3 Å². The molecule has 0 saturated heterocycles. The fourth-order valence-corrected chi connectivity index (χ4v) is 2.64. The molecular weight excluding hydrogens is 368 g/mol. The smallest absolute Gasteiger partial charge is 0.248 e. The molecule has 0 aliphatic rings. The van der Waals surface area contributed by atoms with Crippen LogP contribution >= 0.6 is 0 Å². The summed E-state index contributed by atoms with van der Waals surface area (Å²) in [4.78, 5) is 12.4. The Labute approximate surface area is 171 Å². The summed E-state index contributed by atoms with van der Waals surface area (Å²) in [6.07, 6.45) is 3.11. The second-order valence-corrected chi connectivity index (χ2v) is 7.34. The molecule has 0 aliphatic heterocycles. The molecule has 1 N–H and O–H groups in total. The van der Waals surface area contributed by atoms with Crippen LogP contribution in [0, 0.1) is 11.3 Å². The summed E-state index contributed by atoms with van der Waals surface area (Å²) in [6, 6.07) is 12.9. The molecule has 152 valence electrons. The van der Waals surface area contributed by atoms with E-state index in [0.717, 1.165) is 11.1 Å². The van der Waals surface area contributed by atoms with Crippen LogP contribution in [-0.2, 0) is 10.2 Å². The van der Waals surface area contributed by atoms with Crippen LogP contribution in [0.3, 0.4) is 0 Å². The lowest BCUT2D eigenvalue weighted by molar-refractivity contribution is -0.111. The molecule has 2 aromatic carbocycles. The zero-order valence-electron chi connectivity index (χ0n) is 17.4. The number of anilines is 1. The zero-order valence-corrected chi connectivity index (χ0v) is 17.4. The third-order valence-corrected chi connectivity index (χ3v) is 4.23. The first-order valence-electron chi connectivity index (χ1n) is 9.14. The highest BCUT2D eigenvalue weighted by atomic mass is 16.5. The van der Waals surface area contributed by atoms with E-state index in [1.54, 1.807) is 31.4 Å². The number of hydrogen-bond donors (Lipinski definition) is 1. The van der Waals surface area contributed by atoms with Crippen molar-refractivity contribution in [2.24, 2.45) is 0 Å². The van der Waals surface area contributed by atoms with Crippen LogP contribution in [0.1, 0.15) is 31.9 Å². The Hall–Kier alpha value is -3.46. The predicted octanol–water partition coefficient (Wildman–Crippen LogP) is 4.56. The molecule has 29 heavy (non-hydrogen) atoms. The monoisotopic (exact) mass is 394 g/mol. The molecule has 0 saturated carbocycles. The first-order valence-corrected chi connectivity index (χ1v) is 9.14. The summed E-state index contributed by atoms with van der Waals surface area (Å²) in [5.74, 6) is 1.28. The number of carbonyl (C=O) groups excluding carboxylic acids is 1. The van der Waals surface area contributed by atoms with Crippen LogP contribution in [-0.4, -0.2) is 26.7 Å². The molecule has 0 radical (unpaired) electrons. The average molecular weight is 394 g/mol. The highest BCUT2D eigenvalue weighted by Crippen LogP contribution is 2.32. The Morgan fingerprint density at radius 1 is 1.07 bits per heavy atom. The van der Waals surface area contributed by atoms with Gasteiger partial charge in [-0.05, 0) is 46.9 Å². The maximum atomic E-state index is 12.4. The second-order valence-electron chi connectivity index (χ2n) is 7.34. The lowest BCUT2D eigenvalue weighted by Crippen LogP contribution is -2.14. The molecule has 2 aromatic rings. The summed E-state index contributed by atoms with van der Waals surface area (Å²) in [6.45, 7) is 6.26. The predicted molar refractivity (Wildman–Crippen MR) is 113 cm³/mol. The number of hydrogen-bond acceptors (Lipinski definition) is 5. The van der Waals surface area contributed by atoms with Gasteiger partial charge >= 0.3 is 0 Å². The van der Waals surface area contributed by atoms with Crippen molar-refractivity contribution in [3.63, 3.8) is 0 Å². The summed E-state index contributed by atoms with van der Waals surface area (Å²) in [5.41, 5.74) is 2.42. The number of nitriles is 1. The quantitative estimate of drug-likeness (QED) is 0.697. The number of carbonyl (C=O) groups is 1. The lowest BCUT2D eigenvalue weighted by atomic mass is 9.87. The minimum atomic E-state index is -0.280. The van der Waals surface area contributed by atoms with Crippen LogP contribution in [0.5, 0.6) is 17.2 Å². The summed E-state index contributed by atoms with van der Waals surface area (Å²) >= 11 is 0. The lowest BCUT2D eigenvalue weighted by Gasteiger charge is -2.21. The van der Waals surface area contributed by atoms with Crippen LogP contribution < -0.4 is 19.5 Å².